The number of nitrogens with one attached hydrogen (secondary N) is 1. The largest absolute Gasteiger partial charge is 0.418 e. The topological polar surface area (TPSA) is 68.2 Å². The highest BCUT2D eigenvalue weighted by Crippen LogP contribution is 2.38. The van der Waals surface area contributed by atoms with Crippen LogP contribution < -0.4 is 15.3 Å². The van der Waals surface area contributed by atoms with E-state index < -0.39 is 33.6 Å². The van der Waals surface area contributed by atoms with E-state index in [1.165, 1.54) is 21.3 Å². The van der Waals surface area contributed by atoms with E-state index >= 15 is 0 Å². The molecule has 7 nitrogen and oxygen atoms in total. The summed E-state index contributed by atoms with van der Waals surface area (Å²) in [5, 5.41) is 1.60. The fourth-order valence-corrected chi connectivity index (χ4v) is 5.55. The van der Waals surface area contributed by atoms with Gasteiger partial charge in [-0.15, -0.1) is 0 Å². The molecule has 32 heavy (non-hydrogen) atoms. The van der Waals surface area contributed by atoms with Gasteiger partial charge in [-0.2, -0.15) is 17.5 Å². The summed E-state index contributed by atoms with van der Waals surface area (Å²) in [6.45, 7) is 2.09. The van der Waals surface area contributed by atoms with Crippen molar-refractivity contribution in [3.8, 4) is 0 Å². The summed E-state index contributed by atoms with van der Waals surface area (Å²) in [6, 6.07) is 8.26. The fraction of sp³-hybridized carbons (Fsp3) is 0.350. The van der Waals surface area contributed by atoms with Crippen molar-refractivity contribution in [2.45, 2.75) is 24.0 Å². The average Bonchev–Trinajstić information content (AvgIpc) is 3.28. The van der Waals surface area contributed by atoms with E-state index in [-0.39, 0.29) is 30.2 Å². The van der Waals surface area contributed by atoms with E-state index in [0.717, 1.165) is 12.1 Å². The Kier molecular flexibility index (Phi) is 5.86. The lowest BCUT2D eigenvalue weighted by Gasteiger charge is -2.40. The molecule has 2 aliphatic heterocycles. The van der Waals surface area contributed by atoms with E-state index in [1.807, 2.05) is 0 Å². The Morgan fingerprint density at radius 1 is 1.12 bits per heavy atom. The molecule has 4 rings (SSSR count). The molecule has 2 aliphatic rings. The second kappa shape index (κ2) is 8.34. The summed E-state index contributed by atoms with van der Waals surface area (Å²) < 4.78 is 81.5. The molecule has 0 saturated carbocycles. The number of anilines is 2. The van der Waals surface area contributed by atoms with Gasteiger partial charge in [0.25, 0.3) is 0 Å². The summed E-state index contributed by atoms with van der Waals surface area (Å²) in [6.07, 6.45) is -3.18. The maximum atomic E-state index is 13.4. The minimum absolute atomic E-state index is 0.00811. The molecule has 0 unspecified atom stereocenters. The molecular formula is C20H21F4N5O2S. The van der Waals surface area contributed by atoms with E-state index in [4.69, 9.17) is 0 Å². The summed E-state index contributed by atoms with van der Waals surface area (Å²) in [5.41, 5.74) is 2.32. The summed E-state index contributed by atoms with van der Waals surface area (Å²) in [4.78, 5) is 5.55. The number of piperazine rings is 1. The molecule has 1 N–H and O–H groups in total. The second-order valence-electron chi connectivity index (χ2n) is 7.55. The number of hydrogen-bond donors (Lipinski definition) is 1. The molecule has 0 radical (unpaired) electrons. The van der Waals surface area contributed by atoms with Gasteiger partial charge < -0.3 is 4.90 Å². The van der Waals surface area contributed by atoms with Crippen LogP contribution in [0.4, 0.5) is 28.9 Å². The molecule has 1 fully saturated rings. The minimum Gasteiger partial charge on any atom is -0.368 e. The molecule has 2 aromatic carbocycles. The molecule has 1 saturated heterocycles. The van der Waals surface area contributed by atoms with Gasteiger partial charge in [-0.25, -0.2) is 18.2 Å². The first-order chi connectivity index (χ1) is 15.1. The predicted octanol–water partition coefficient (Wildman–Crippen LogP) is 3.05. The number of rotatable bonds is 4. The Labute approximate surface area is 183 Å². The Balaban J connectivity index is 1.57. The van der Waals surface area contributed by atoms with Gasteiger partial charge >= 0.3 is 6.18 Å². The van der Waals surface area contributed by atoms with E-state index in [2.05, 4.69) is 10.4 Å². The van der Waals surface area contributed by atoms with Crippen molar-refractivity contribution in [1.82, 2.24) is 9.73 Å². The molecule has 2 heterocycles. The molecule has 0 aliphatic carbocycles. The Morgan fingerprint density at radius 3 is 2.56 bits per heavy atom. The summed E-state index contributed by atoms with van der Waals surface area (Å²) in [5.74, 6) is -0.979. The van der Waals surface area contributed by atoms with Crippen molar-refractivity contribution in [1.29, 1.82) is 0 Å². The zero-order chi connectivity index (χ0) is 23.1. The Morgan fingerprint density at radius 2 is 1.91 bits per heavy atom. The third-order valence-corrected chi connectivity index (χ3v) is 7.41. The lowest BCUT2D eigenvalue weighted by Crippen LogP contribution is -2.54. The highest BCUT2D eigenvalue weighted by molar-refractivity contribution is 7.89. The van der Waals surface area contributed by atoms with Gasteiger partial charge in [0.1, 0.15) is 18.8 Å². The molecule has 2 aromatic rings. The van der Waals surface area contributed by atoms with Crippen LogP contribution in [0.1, 0.15) is 12.5 Å². The first-order valence-electron chi connectivity index (χ1n) is 9.83. The van der Waals surface area contributed by atoms with Gasteiger partial charge in [0, 0.05) is 31.4 Å². The SMILES string of the molecule is C[C@@H]1CN(c2ccc(F)cc2C(F)(F)F)CCN1S(=O)(=O)c1cccc(N2C=NCN2)c1. The standard InChI is InChI=1S/C20H21F4N5O2S/c1-14-11-27(19-6-5-15(21)9-18(19)20(22,23)24)7-8-29(14)32(30,31)17-4-2-3-16(10-17)28-13-25-12-26-28/h2-6,9-10,13-14,26H,7-8,11-12H2,1H3/t14-/m1/s1. The smallest absolute Gasteiger partial charge is 0.368 e. The van der Waals surface area contributed by atoms with Crippen LogP contribution in [0.5, 0.6) is 0 Å². The van der Waals surface area contributed by atoms with Gasteiger partial charge in [-0.3, -0.25) is 10.0 Å². The van der Waals surface area contributed by atoms with Crippen molar-refractivity contribution in [3.63, 3.8) is 0 Å². The molecule has 0 spiro atoms. The second-order valence-corrected chi connectivity index (χ2v) is 9.44. The molecule has 0 bridgehead atoms. The van der Waals surface area contributed by atoms with Gasteiger partial charge in [0.05, 0.1) is 16.1 Å². The zero-order valence-corrected chi connectivity index (χ0v) is 17.9. The van der Waals surface area contributed by atoms with Crippen LogP contribution in [0.25, 0.3) is 0 Å². The fourth-order valence-electron chi connectivity index (χ4n) is 3.90. The number of halogens is 4. The molecule has 1 atom stereocenters. The zero-order valence-electron chi connectivity index (χ0n) is 17.1. The molecule has 0 aromatic heterocycles. The van der Waals surface area contributed by atoms with Crippen molar-refractivity contribution in [3.05, 3.63) is 53.8 Å². The van der Waals surface area contributed by atoms with E-state index in [1.54, 1.807) is 30.4 Å². The number of hydrogen-bond acceptors (Lipinski definition) is 6. The molecule has 172 valence electrons. The number of benzene rings is 2. The van der Waals surface area contributed by atoms with Gasteiger partial charge in [0.15, 0.2) is 0 Å². The minimum atomic E-state index is -4.72. The Bertz CT molecular complexity index is 1140. The maximum Gasteiger partial charge on any atom is 0.418 e. The van der Waals surface area contributed by atoms with Crippen LogP contribution in [-0.2, 0) is 16.2 Å². The Hall–Kier alpha value is -2.70. The number of hydrazine groups is 1. The maximum absolute atomic E-state index is 13.4. The highest BCUT2D eigenvalue weighted by atomic mass is 32.2. The number of nitrogens with zero attached hydrogens (tertiary/aromatic N) is 4. The molecular weight excluding hydrogens is 450 g/mol. The van der Waals surface area contributed by atoms with Gasteiger partial charge in [-0.05, 0) is 43.3 Å². The van der Waals surface area contributed by atoms with Crippen molar-refractivity contribution >= 4 is 27.7 Å². The van der Waals surface area contributed by atoms with Crippen molar-refractivity contribution in [2.75, 3.05) is 36.2 Å². The summed E-state index contributed by atoms with van der Waals surface area (Å²) in [7, 11) is -3.89. The van der Waals surface area contributed by atoms with Gasteiger partial charge in [0.2, 0.25) is 10.0 Å². The first kappa shape index (κ1) is 22.5. The van der Waals surface area contributed by atoms with E-state index in [9.17, 15) is 26.0 Å². The summed E-state index contributed by atoms with van der Waals surface area (Å²) >= 11 is 0. The van der Waals surface area contributed by atoms with Crippen LogP contribution >= 0.6 is 0 Å². The van der Waals surface area contributed by atoms with Gasteiger partial charge in [-0.1, -0.05) is 6.07 Å². The quantitative estimate of drug-likeness (QED) is 0.695. The number of sulfonamides is 1. The lowest BCUT2D eigenvalue weighted by atomic mass is 10.1. The number of aliphatic imine (C=N–C) groups is 1. The van der Waals surface area contributed by atoms with Crippen LogP contribution in [0.15, 0.2) is 52.4 Å². The first-order valence-corrected chi connectivity index (χ1v) is 11.3. The highest BCUT2D eigenvalue weighted by Gasteiger charge is 2.39. The van der Waals surface area contributed by atoms with Crippen LogP contribution in [0.2, 0.25) is 0 Å². The number of alkyl halides is 3. The normalized spacial score (nSPS) is 20.2. The van der Waals surface area contributed by atoms with Crippen molar-refractivity contribution in [2.24, 2.45) is 4.99 Å². The lowest BCUT2D eigenvalue weighted by molar-refractivity contribution is -0.137. The third kappa shape index (κ3) is 4.30. The molecule has 0 amide bonds. The molecule has 12 heteroatoms. The predicted molar refractivity (Wildman–Crippen MR) is 112 cm³/mol. The van der Waals surface area contributed by atoms with Crippen molar-refractivity contribution < 1.29 is 26.0 Å². The van der Waals surface area contributed by atoms with Crippen LogP contribution in [-0.4, -0.2) is 51.4 Å². The average molecular weight is 471 g/mol. The van der Waals surface area contributed by atoms with Crippen LogP contribution in [0, 0.1) is 5.82 Å². The van der Waals surface area contributed by atoms with Crippen LogP contribution in [0.3, 0.4) is 0 Å². The monoisotopic (exact) mass is 471 g/mol. The van der Waals surface area contributed by atoms with E-state index in [0.29, 0.717) is 18.4 Å². The third-order valence-electron chi connectivity index (χ3n) is 5.40.